The number of carbonyl (C=O) groups excluding carboxylic acids is 1. The first-order valence-corrected chi connectivity index (χ1v) is 6.87. The minimum Gasteiger partial charge on any atom is -0.452 e. The van der Waals surface area contributed by atoms with Crippen LogP contribution in [0.5, 0.6) is 0 Å². The van der Waals surface area contributed by atoms with Gasteiger partial charge in [0, 0.05) is 30.7 Å². The molecule has 2 aromatic carbocycles. The number of carbonyl (C=O) groups is 1. The molecule has 0 bridgehead atoms. The molecule has 0 fully saturated rings. The number of anilines is 1. The molecule has 21 heavy (non-hydrogen) atoms. The predicted molar refractivity (Wildman–Crippen MR) is 85.2 cm³/mol. The van der Waals surface area contributed by atoms with E-state index in [0.29, 0.717) is 11.3 Å². The fraction of sp³-hybridized carbons (Fsp3) is 0.167. The number of nitrogens with zero attached hydrogens (tertiary/aromatic N) is 1. The number of hydrogen-bond acceptors (Lipinski definition) is 3. The molecule has 0 aliphatic carbocycles. The van der Waals surface area contributed by atoms with Crippen molar-refractivity contribution in [1.29, 1.82) is 0 Å². The van der Waals surface area contributed by atoms with Crippen LogP contribution >= 0.6 is 0 Å². The minimum atomic E-state index is -0.0886. The molecule has 0 aliphatic rings. The Morgan fingerprint density at radius 3 is 2.52 bits per heavy atom. The lowest BCUT2D eigenvalue weighted by molar-refractivity contribution is 0.101. The zero-order chi connectivity index (χ0) is 15.0. The van der Waals surface area contributed by atoms with Crippen molar-refractivity contribution in [3.8, 4) is 0 Å². The molecular formula is C18H17NO2. The number of rotatable bonds is 3. The van der Waals surface area contributed by atoms with Crippen molar-refractivity contribution in [3.05, 3.63) is 65.4 Å². The number of fused-ring (bicyclic) bond motifs is 1. The molecule has 0 aliphatic heterocycles. The third kappa shape index (κ3) is 2.42. The summed E-state index contributed by atoms with van der Waals surface area (Å²) in [7, 11) is 3.91. The van der Waals surface area contributed by atoms with Gasteiger partial charge in [0.05, 0.1) is 0 Å². The van der Waals surface area contributed by atoms with Crippen LogP contribution in [0.3, 0.4) is 0 Å². The summed E-state index contributed by atoms with van der Waals surface area (Å²) in [6.07, 6.45) is 0. The van der Waals surface area contributed by atoms with Crippen molar-refractivity contribution in [3.63, 3.8) is 0 Å². The van der Waals surface area contributed by atoms with Crippen LogP contribution in [-0.2, 0) is 0 Å². The van der Waals surface area contributed by atoms with Crippen LogP contribution in [0.1, 0.15) is 21.7 Å². The van der Waals surface area contributed by atoms with E-state index < -0.39 is 0 Å². The Bertz CT molecular complexity index is 815. The van der Waals surface area contributed by atoms with E-state index in [2.05, 4.69) is 0 Å². The molecule has 1 heterocycles. The maximum Gasteiger partial charge on any atom is 0.228 e. The summed E-state index contributed by atoms with van der Waals surface area (Å²) in [5.41, 5.74) is 3.45. The lowest BCUT2D eigenvalue weighted by Gasteiger charge is -2.12. The number of benzene rings is 2. The Morgan fingerprint density at radius 1 is 1.05 bits per heavy atom. The van der Waals surface area contributed by atoms with Gasteiger partial charge in [-0.15, -0.1) is 0 Å². The second kappa shape index (κ2) is 5.09. The standard InChI is InChI=1S/C18H17NO2/c1-12-6-4-8-14-11-16(21-18(12)14)17(20)13-7-5-9-15(10-13)19(2)3/h4-11H,1-3H3. The quantitative estimate of drug-likeness (QED) is 0.678. The van der Waals surface area contributed by atoms with Gasteiger partial charge in [-0.05, 0) is 30.7 Å². The van der Waals surface area contributed by atoms with Crippen molar-refractivity contribution in [2.45, 2.75) is 6.92 Å². The Kier molecular flexibility index (Phi) is 3.26. The highest BCUT2D eigenvalue weighted by molar-refractivity contribution is 6.09. The van der Waals surface area contributed by atoms with Crippen molar-refractivity contribution in [2.75, 3.05) is 19.0 Å². The molecule has 3 aromatic rings. The van der Waals surface area contributed by atoms with Gasteiger partial charge < -0.3 is 9.32 Å². The van der Waals surface area contributed by atoms with Crippen LogP contribution in [0.4, 0.5) is 5.69 Å². The summed E-state index contributed by atoms with van der Waals surface area (Å²) in [5, 5.41) is 0.960. The average Bonchev–Trinajstić information content (AvgIpc) is 2.92. The first kappa shape index (κ1) is 13.4. The van der Waals surface area contributed by atoms with E-state index in [9.17, 15) is 4.79 Å². The Morgan fingerprint density at radius 2 is 1.81 bits per heavy atom. The largest absolute Gasteiger partial charge is 0.452 e. The molecule has 3 heteroatoms. The SMILES string of the molecule is Cc1cccc2cc(C(=O)c3cccc(N(C)C)c3)oc12. The smallest absolute Gasteiger partial charge is 0.228 e. The minimum absolute atomic E-state index is 0.0886. The molecule has 0 radical (unpaired) electrons. The molecule has 0 spiro atoms. The molecule has 0 amide bonds. The molecule has 0 saturated carbocycles. The summed E-state index contributed by atoms with van der Waals surface area (Å²) in [4.78, 5) is 14.6. The Hall–Kier alpha value is -2.55. The molecule has 1 aromatic heterocycles. The van der Waals surface area contributed by atoms with Gasteiger partial charge in [0.1, 0.15) is 5.58 Å². The van der Waals surface area contributed by atoms with E-state index in [0.717, 1.165) is 22.2 Å². The van der Waals surface area contributed by atoms with Gasteiger partial charge in [0.2, 0.25) is 5.78 Å². The lowest BCUT2D eigenvalue weighted by Crippen LogP contribution is -2.09. The lowest BCUT2D eigenvalue weighted by atomic mass is 10.1. The predicted octanol–water partition coefficient (Wildman–Crippen LogP) is 4.04. The van der Waals surface area contributed by atoms with Gasteiger partial charge in [-0.1, -0.05) is 30.3 Å². The molecule has 3 nitrogen and oxygen atoms in total. The van der Waals surface area contributed by atoms with Crippen molar-refractivity contribution >= 4 is 22.4 Å². The van der Waals surface area contributed by atoms with Crippen molar-refractivity contribution < 1.29 is 9.21 Å². The highest BCUT2D eigenvalue weighted by Crippen LogP contribution is 2.25. The summed E-state index contributed by atoms with van der Waals surface area (Å²) >= 11 is 0. The second-order valence-electron chi connectivity index (χ2n) is 5.38. The Labute approximate surface area is 123 Å². The number of hydrogen-bond donors (Lipinski definition) is 0. The number of ketones is 1. The fourth-order valence-corrected chi connectivity index (χ4v) is 2.39. The van der Waals surface area contributed by atoms with Gasteiger partial charge in [-0.3, -0.25) is 4.79 Å². The maximum absolute atomic E-state index is 12.6. The monoisotopic (exact) mass is 279 g/mol. The second-order valence-corrected chi connectivity index (χ2v) is 5.38. The van der Waals surface area contributed by atoms with Crippen LogP contribution in [0.15, 0.2) is 52.9 Å². The number of furan rings is 1. The highest BCUT2D eigenvalue weighted by atomic mass is 16.3. The van der Waals surface area contributed by atoms with Crippen LogP contribution in [-0.4, -0.2) is 19.9 Å². The number of aryl methyl sites for hydroxylation is 1. The van der Waals surface area contributed by atoms with Gasteiger partial charge in [-0.25, -0.2) is 0 Å². The van der Waals surface area contributed by atoms with Crippen LogP contribution < -0.4 is 4.90 Å². The third-order valence-electron chi connectivity index (χ3n) is 3.59. The van der Waals surface area contributed by atoms with Gasteiger partial charge >= 0.3 is 0 Å². The molecule has 0 N–H and O–H groups in total. The molecule has 0 unspecified atom stereocenters. The van der Waals surface area contributed by atoms with Crippen molar-refractivity contribution in [2.24, 2.45) is 0 Å². The zero-order valence-corrected chi connectivity index (χ0v) is 12.4. The highest BCUT2D eigenvalue weighted by Gasteiger charge is 2.16. The van der Waals surface area contributed by atoms with E-state index in [1.807, 2.05) is 74.4 Å². The van der Waals surface area contributed by atoms with Crippen molar-refractivity contribution in [1.82, 2.24) is 0 Å². The van der Waals surface area contributed by atoms with E-state index in [4.69, 9.17) is 4.42 Å². The van der Waals surface area contributed by atoms with E-state index in [1.54, 1.807) is 0 Å². The molecule has 3 rings (SSSR count). The Balaban J connectivity index is 2.04. The van der Waals surface area contributed by atoms with Crippen LogP contribution in [0, 0.1) is 6.92 Å². The number of para-hydroxylation sites is 1. The van der Waals surface area contributed by atoms with E-state index in [-0.39, 0.29) is 5.78 Å². The maximum atomic E-state index is 12.6. The van der Waals surface area contributed by atoms with Gasteiger partial charge in [0.15, 0.2) is 5.76 Å². The van der Waals surface area contributed by atoms with Crippen LogP contribution in [0.2, 0.25) is 0 Å². The molecular weight excluding hydrogens is 262 g/mol. The molecule has 0 atom stereocenters. The first-order valence-electron chi connectivity index (χ1n) is 6.87. The fourth-order valence-electron chi connectivity index (χ4n) is 2.39. The topological polar surface area (TPSA) is 33.5 Å². The first-order chi connectivity index (χ1) is 10.1. The normalized spacial score (nSPS) is 10.8. The summed E-state index contributed by atoms with van der Waals surface area (Å²) in [6, 6.07) is 15.3. The van der Waals surface area contributed by atoms with Gasteiger partial charge in [0.25, 0.3) is 0 Å². The van der Waals surface area contributed by atoms with Gasteiger partial charge in [-0.2, -0.15) is 0 Å². The zero-order valence-electron chi connectivity index (χ0n) is 12.4. The molecule has 106 valence electrons. The average molecular weight is 279 g/mol. The van der Waals surface area contributed by atoms with E-state index >= 15 is 0 Å². The summed E-state index contributed by atoms with van der Waals surface area (Å²) < 4.78 is 5.75. The third-order valence-corrected chi connectivity index (χ3v) is 3.59. The van der Waals surface area contributed by atoms with Crippen LogP contribution in [0.25, 0.3) is 11.0 Å². The van der Waals surface area contributed by atoms with E-state index in [1.165, 1.54) is 0 Å². The molecule has 0 saturated heterocycles. The summed E-state index contributed by atoms with van der Waals surface area (Å²) in [5.74, 6) is 0.296. The summed E-state index contributed by atoms with van der Waals surface area (Å²) in [6.45, 7) is 1.98.